The number of piperidine rings is 1. The van der Waals surface area contributed by atoms with E-state index in [0.29, 0.717) is 5.88 Å². The highest BCUT2D eigenvalue weighted by Crippen LogP contribution is 2.35. The maximum Gasteiger partial charge on any atom is 0.247 e. The third kappa shape index (κ3) is 4.48. The van der Waals surface area contributed by atoms with E-state index in [-0.39, 0.29) is 11.9 Å². The Morgan fingerprint density at radius 1 is 1.03 bits per heavy atom. The molecule has 0 spiro atoms. The van der Waals surface area contributed by atoms with E-state index in [2.05, 4.69) is 55.3 Å². The second kappa shape index (κ2) is 9.78. The van der Waals surface area contributed by atoms with E-state index in [0.717, 1.165) is 86.9 Å². The number of pyridine rings is 2. The van der Waals surface area contributed by atoms with Gasteiger partial charge in [0.25, 0.3) is 0 Å². The van der Waals surface area contributed by atoms with Crippen molar-refractivity contribution in [1.29, 1.82) is 0 Å². The van der Waals surface area contributed by atoms with Crippen molar-refractivity contribution in [3.63, 3.8) is 0 Å². The van der Waals surface area contributed by atoms with Crippen LogP contribution in [0.25, 0.3) is 11.3 Å². The molecule has 36 heavy (non-hydrogen) atoms. The topological polar surface area (TPSA) is 73.8 Å². The average Bonchev–Trinajstić information content (AvgIpc) is 2.94. The molecule has 0 bridgehead atoms. The number of carbonyl (C=O) groups is 1. The number of amides is 1. The molecule has 1 atom stereocenters. The molecule has 3 aliphatic heterocycles. The predicted octanol–water partition coefficient (Wildman–Crippen LogP) is 3.79. The molecule has 2 fully saturated rings. The molecular formula is C28H32N6O2. The molecule has 5 heterocycles. The van der Waals surface area contributed by atoms with E-state index in [1.165, 1.54) is 5.69 Å². The lowest BCUT2D eigenvalue weighted by molar-refractivity contribution is -0.118. The van der Waals surface area contributed by atoms with E-state index in [4.69, 9.17) is 9.72 Å². The molecule has 6 rings (SSSR count). The number of benzene rings is 1. The summed E-state index contributed by atoms with van der Waals surface area (Å²) in [6.07, 6.45) is 5.13. The SMILES string of the molecule is COc1cccc(-c2ccc(N3CCN(Cc4cnc5c(c4)NC(=O)C4CCCCN54)CC3)cc2)n1. The highest BCUT2D eigenvalue weighted by atomic mass is 16.5. The number of methoxy groups -OCH3 is 1. The third-order valence-electron chi connectivity index (χ3n) is 7.50. The van der Waals surface area contributed by atoms with Crippen LogP contribution in [0.4, 0.5) is 17.2 Å². The van der Waals surface area contributed by atoms with Crippen LogP contribution in [0.3, 0.4) is 0 Å². The zero-order valence-electron chi connectivity index (χ0n) is 20.7. The molecule has 0 saturated carbocycles. The molecule has 1 aromatic carbocycles. The van der Waals surface area contributed by atoms with Crippen LogP contribution >= 0.6 is 0 Å². The molecule has 3 aliphatic rings. The highest BCUT2D eigenvalue weighted by Gasteiger charge is 2.35. The Morgan fingerprint density at radius 2 is 1.86 bits per heavy atom. The summed E-state index contributed by atoms with van der Waals surface area (Å²) in [6.45, 7) is 5.67. The Bertz CT molecular complexity index is 1240. The quantitative estimate of drug-likeness (QED) is 0.591. The van der Waals surface area contributed by atoms with Gasteiger partial charge in [-0.3, -0.25) is 9.69 Å². The molecule has 1 amide bonds. The van der Waals surface area contributed by atoms with E-state index >= 15 is 0 Å². The Morgan fingerprint density at radius 3 is 2.67 bits per heavy atom. The molecular weight excluding hydrogens is 452 g/mol. The molecule has 2 aromatic heterocycles. The fourth-order valence-corrected chi connectivity index (χ4v) is 5.54. The lowest BCUT2D eigenvalue weighted by atomic mass is 9.99. The maximum absolute atomic E-state index is 12.6. The number of carbonyl (C=O) groups excluding carboxylic acids is 1. The molecule has 3 aromatic rings. The van der Waals surface area contributed by atoms with Gasteiger partial charge in [-0.2, -0.15) is 0 Å². The molecule has 8 nitrogen and oxygen atoms in total. The number of hydrogen-bond donors (Lipinski definition) is 1. The van der Waals surface area contributed by atoms with Crippen LogP contribution < -0.4 is 19.9 Å². The molecule has 0 aliphatic carbocycles. The summed E-state index contributed by atoms with van der Waals surface area (Å²) < 4.78 is 5.25. The van der Waals surface area contributed by atoms with Crippen LogP contribution in [0.1, 0.15) is 24.8 Å². The summed E-state index contributed by atoms with van der Waals surface area (Å²) in [5, 5.41) is 3.11. The van der Waals surface area contributed by atoms with Crippen LogP contribution in [0, 0.1) is 0 Å². The molecule has 8 heteroatoms. The van der Waals surface area contributed by atoms with Gasteiger partial charge in [0, 0.05) is 62.8 Å². The summed E-state index contributed by atoms with van der Waals surface area (Å²) in [5.74, 6) is 1.67. The van der Waals surface area contributed by atoms with Gasteiger partial charge in [0.1, 0.15) is 6.04 Å². The summed E-state index contributed by atoms with van der Waals surface area (Å²) in [7, 11) is 1.64. The Balaban J connectivity index is 1.07. The van der Waals surface area contributed by atoms with Crippen LogP contribution in [0.15, 0.2) is 54.7 Å². The first kappa shape index (κ1) is 22.8. The molecule has 1 N–H and O–H groups in total. The molecule has 0 radical (unpaired) electrons. The minimum atomic E-state index is -0.0569. The first-order valence-electron chi connectivity index (χ1n) is 12.8. The second-order valence-electron chi connectivity index (χ2n) is 9.78. The van der Waals surface area contributed by atoms with Crippen molar-refractivity contribution in [3.8, 4) is 17.1 Å². The summed E-state index contributed by atoms with van der Waals surface area (Å²) >= 11 is 0. The Kier molecular flexibility index (Phi) is 6.19. The predicted molar refractivity (Wildman–Crippen MR) is 142 cm³/mol. The smallest absolute Gasteiger partial charge is 0.247 e. The Labute approximate surface area is 211 Å². The van der Waals surface area contributed by atoms with Gasteiger partial charge in [-0.1, -0.05) is 18.2 Å². The number of hydrogen-bond acceptors (Lipinski definition) is 7. The van der Waals surface area contributed by atoms with Crippen molar-refractivity contribution < 1.29 is 9.53 Å². The number of ether oxygens (including phenoxy) is 1. The minimum absolute atomic E-state index is 0.0569. The van der Waals surface area contributed by atoms with E-state index in [9.17, 15) is 4.79 Å². The molecule has 186 valence electrons. The lowest BCUT2D eigenvalue weighted by Gasteiger charge is -2.40. The van der Waals surface area contributed by atoms with Gasteiger partial charge in [0.15, 0.2) is 5.82 Å². The van der Waals surface area contributed by atoms with Crippen molar-refractivity contribution in [2.24, 2.45) is 0 Å². The van der Waals surface area contributed by atoms with Crippen LogP contribution in [0.5, 0.6) is 5.88 Å². The molecule has 2 saturated heterocycles. The maximum atomic E-state index is 12.6. The van der Waals surface area contributed by atoms with Gasteiger partial charge >= 0.3 is 0 Å². The fraction of sp³-hybridized carbons (Fsp3) is 0.393. The highest BCUT2D eigenvalue weighted by molar-refractivity contribution is 6.02. The van der Waals surface area contributed by atoms with Gasteiger partial charge in [-0.15, -0.1) is 0 Å². The van der Waals surface area contributed by atoms with Crippen molar-refractivity contribution in [2.45, 2.75) is 31.8 Å². The van der Waals surface area contributed by atoms with Crippen molar-refractivity contribution in [2.75, 3.05) is 55.0 Å². The van der Waals surface area contributed by atoms with Gasteiger partial charge in [0.2, 0.25) is 11.8 Å². The van der Waals surface area contributed by atoms with E-state index in [1.54, 1.807) is 7.11 Å². The van der Waals surface area contributed by atoms with Crippen LogP contribution in [-0.2, 0) is 11.3 Å². The Hall–Kier alpha value is -3.65. The number of nitrogens with one attached hydrogen (secondary N) is 1. The van der Waals surface area contributed by atoms with Crippen molar-refractivity contribution in [3.05, 3.63) is 60.3 Å². The van der Waals surface area contributed by atoms with Crippen LogP contribution in [0.2, 0.25) is 0 Å². The number of fused-ring (bicyclic) bond motifs is 3. The minimum Gasteiger partial charge on any atom is -0.481 e. The summed E-state index contributed by atoms with van der Waals surface area (Å²) in [6, 6.07) is 16.5. The van der Waals surface area contributed by atoms with E-state index in [1.807, 2.05) is 24.4 Å². The number of rotatable bonds is 5. The normalized spacial score (nSPS) is 19.9. The van der Waals surface area contributed by atoms with E-state index < -0.39 is 0 Å². The second-order valence-corrected chi connectivity index (χ2v) is 9.78. The van der Waals surface area contributed by atoms with Gasteiger partial charge in [-0.25, -0.2) is 9.97 Å². The third-order valence-corrected chi connectivity index (χ3v) is 7.50. The van der Waals surface area contributed by atoms with Gasteiger partial charge in [0.05, 0.1) is 18.5 Å². The number of piperazine rings is 1. The van der Waals surface area contributed by atoms with Crippen LogP contribution in [-0.4, -0.2) is 66.7 Å². The van der Waals surface area contributed by atoms with Crippen molar-refractivity contribution >= 4 is 23.1 Å². The fourth-order valence-electron chi connectivity index (χ4n) is 5.54. The van der Waals surface area contributed by atoms with Crippen molar-refractivity contribution in [1.82, 2.24) is 14.9 Å². The first-order chi connectivity index (χ1) is 17.7. The summed E-state index contributed by atoms with van der Waals surface area (Å²) in [4.78, 5) is 29.0. The number of nitrogens with zero attached hydrogens (tertiary/aromatic N) is 5. The number of aromatic nitrogens is 2. The zero-order valence-corrected chi connectivity index (χ0v) is 20.7. The zero-order chi connectivity index (χ0) is 24.5. The summed E-state index contributed by atoms with van der Waals surface area (Å²) in [5.41, 5.74) is 5.24. The average molecular weight is 485 g/mol. The number of anilines is 3. The monoisotopic (exact) mass is 484 g/mol. The first-order valence-corrected chi connectivity index (χ1v) is 12.8. The molecule has 1 unspecified atom stereocenters. The largest absolute Gasteiger partial charge is 0.481 e. The van der Waals surface area contributed by atoms with Gasteiger partial charge in [-0.05, 0) is 49.1 Å². The van der Waals surface area contributed by atoms with Gasteiger partial charge < -0.3 is 19.9 Å². The lowest BCUT2D eigenvalue weighted by Crippen LogP contribution is -2.51. The standard InChI is InChI=1S/C28H32N6O2/c1-36-26-7-4-5-23(30-26)21-8-10-22(11-9-21)33-15-13-32(14-16-33)19-20-17-24-27(29-18-20)34-12-3-2-6-25(34)28(35)31-24/h4-5,7-11,17-18,25H,2-3,6,12-16,19H2,1H3,(H,31,35).